The van der Waals surface area contributed by atoms with Crippen LogP contribution in [0.3, 0.4) is 0 Å². The maximum absolute atomic E-state index is 14.1. The molecule has 0 saturated heterocycles. The number of carbonyl (C=O) groups is 1. The van der Waals surface area contributed by atoms with Crippen molar-refractivity contribution in [2.75, 3.05) is 6.61 Å². The molecule has 0 spiro atoms. The minimum absolute atomic E-state index is 0.136. The van der Waals surface area contributed by atoms with Crippen molar-refractivity contribution in [3.63, 3.8) is 0 Å². The molecule has 25 heavy (non-hydrogen) atoms. The molecule has 0 amide bonds. The summed E-state index contributed by atoms with van der Waals surface area (Å²) in [7, 11) is 0. The first-order chi connectivity index (χ1) is 12.0. The third-order valence-electron chi connectivity index (χ3n) is 4.14. The molecule has 2 aromatic rings. The molecule has 0 radical (unpaired) electrons. The molecule has 0 fully saturated rings. The Morgan fingerprint density at radius 2 is 1.84 bits per heavy atom. The summed E-state index contributed by atoms with van der Waals surface area (Å²) in [5.41, 5.74) is 0.881. The zero-order chi connectivity index (χ0) is 18.0. The average Bonchev–Trinajstić information content (AvgIpc) is 3.00. The van der Waals surface area contributed by atoms with Crippen molar-refractivity contribution in [3.8, 4) is 0 Å². The Balaban J connectivity index is 2.02. The molecule has 2 unspecified atom stereocenters. The van der Waals surface area contributed by atoms with E-state index in [4.69, 9.17) is 4.74 Å². The number of ether oxygens (including phenoxy) is 1. The van der Waals surface area contributed by atoms with Gasteiger partial charge in [-0.3, -0.25) is 9.79 Å². The van der Waals surface area contributed by atoms with Gasteiger partial charge < -0.3 is 4.74 Å². The Morgan fingerprint density at radius 1 is 1.20 bits per heavy atom. The topological polar surface area (TPSA) is 38.7 Å². The van der Waals surface area contributed by atoms with E-state index in [-0.39, 0.29) is 24.3 Å². The van der Waals surface area contributed by atoms with Crippen molar-refractivity contribution in [1.29, 1.82) is 0 Å². The monoisotopic (exact) mass is 407 g/mol. The first-order valence-electron chi connectivity index (χ1n) is 7.94. The van der Waals surface area contributed by atoms with Crippen LogP contribution in [-0.4, -0.2) is 18.3 Å². The third-order valence-corrected chi connectivity index (χ3v) is 4.67. The number of esters is 1. The van der Waals surface area contributed by atoms with Gasteiger partial charge >= 0.3 is 5.97 Å². The highest BCUT2D eigenvalue weighted by atomic mass is 79.9. The summed E-state index contributed by atoms with van der Waals surface area (Å²) < 4.78 is 34.3. The summed E-state index contributed by atoms with van der Waals surface area (Å²) in [5.74, 6) is -2.38. The molecule has 1 aliphatic rings. The number of halogens is 3. The van der Waals surface area contributed by atoms with Crippen LogP contribution in [0.15, 0.2) is 51.9 Å². The first-order valence-corrected chi connectivity index (χ1v) is 8.73. The van der Waals surface area contributed by atoms with Crippen LogP contribution in [0, 0.1) is 17.6 Å². The van der Waals surface area contributed by atoms with Gasteiger partial charge in [0.1, 0.15) is 11.6 Å². The summed E-state index contributed by atoms with van der Waals surface area (Å²) in [4.78, 5) is 16.8. The van der Waals surface area contributed by atoms with Crippen LogP contribution in [0.5, 0.6) is 0 Å². The van der Waals surface area contributed by atoms with E-state index in [1.54, 1.807) is 6.92 Å². The van der Waals surface area contributed by atoms with Gasteiger partial charge in [-0.25, -0.2) is 8.78 Å². The lowest BCUT2D eigenvalue weighted by molar-refractivity contribution is -0.148. The molecule has 3 rings (SSSR count). The van der Waals surface area contributed by atoms with Crippen LogP contribution in [0.25, 0.3) is 0 Å². The molecule has 6 heteroatoms. The second-order valence-electron chi connectivity index (χ2n) is 5.73. The van der Waals surface area contributed by atoms with Crippen LogP contribution in [-0.2, 0) is 9.53 Å². The Bertz CT molecular complexity index is 800. The standard InChI is InChI=1S/C19H16BrF2NO2/c1-2-25-19(24)13-10-16(17-14(21)4-3-5-15(17)22)23-18(13)11-6-8-12(20)9-7-11/h3-9,13,18H,2,10H2,1H3. The maximum atomic E-state index is 14.1. The molecular weight excluding hydrogens is 392 g/mol. The molecule has 2 aromatic carbocycles. The zero-order valence-electron chi connectivity index (χ0n) is 13.5. The fourth-order valence-corrected chi connectivity index (χ4v) is 3.26. The number of rotatable bonds is 4. The second-order valence-corrected chi connectivity index (χ2v) is 6.65. The van der Waals surface area contributed by atoms with E-state index < -0.39 is 29.6 Å². The van der Waals surface area contributed by atoms with E-state index in [2.05, 4.69) is 20.9 Å². The minimum Gasteiger partial charge on any atom is -0.466 e. The molecule has 3 nitrogen and oxygen atoms in total. The molecule has 1 heterocycles. The lowest BCUT2D eigenvalue weighted by atomic mass is 9.91. The van der Waals surface area contributed by atoms with E-state index in [1.807, 2.05) is 24.3 Å². The molecule has 130 valence electrons. The van der Waals surface area contributed by atoms with Gasteiger partial charge in [-0.2, -0.15) is 0 Å². The van der Waals surface area contributed by atoms with Gasteiger partial charge in [-0.15, -0.1) is 0 Å². The summed E-state index contributed by atoms with van der Waals surface area (Å²) in [6.45, 7) is 1.96. The van der Waals surface area contributed by atoms with Gasteiger partial charge in [0, 0.05) is 16.6 Å². The van der Waals surface area contributed by atoms with E-state index in [0.717, 1.165) is 10.0 Å². The SMILES string of the molecule is CCOC(=O)C1CC(c2c(F)cccc2F)=NC1c1ccc(Br)cc1. The van der Waals surface area contributed by atoms with Crippen LogP contribution in [0.2, 0.25) is 0 Å². The highest BCUT2D eigenvalue weighted by Crippen LogP contribution is 2.38. The quantitative estimate of drug-likeness (QED) is 0.680. The lowest BCUT2D eigenvalue weighted by Crippen LogP contribution is -2.22. The van der Waals surface area contributed by atoms with Crippen molar-refractivity contribution < 1.29 is 18.3 Å². The predicted octanol–water partition coefficient (Wildman–Crippen LogP) is 4.84. The number of carbonyl (C=O) groups excluding carboxylic acids is 1. The van der Waals surface area contributed by atoms with Crippen molar-refractivity contribution in [2.24, 2.45) is 10.9 Å². The number of aliphatic imine (C=N–C) groups is 1. The average molecular weight is 408 g/mol. The first kappa shape index (κ1) is 17.7. The summed E-state index contributed by atoms with van der Waals surface area (Å²) in [6.07, 6.45) is 0.136. The number of hydrogen-bond acceptors (Lipinski definition) is 3. The zero-order valence-corrected chi connectivity index (χ0v) is 15.1. The molecule has 0 saturated carbocycles. The Morgan fingerprint density at radius 3 is 2.44 bits per heavy atom. The van der Waals surface area contributed by atoms with Crippen molar-refractivity contribution in [1.82, 2.24) is 0 Å². The minimum atomic E-state index is -0.683. The lowest BCUT2D eigenvalue weighted by Gasteiger charge is -2.16. The summed E-state index contributed by atoms with van der Waals surface area (Å²) in [5, 5.41) is 0. The smallest absolute Gasteiger partial charge is 0.311 e. The van der Waals surface area contributed by atoms with Crippen molar-refractivity contribution in [3.05, 3.63) is 69.7 Å². The Labute approximate surface area is 152 Å². The molecule has 0 aromatic heterocycles. The Hall–Kier alpha value is -2.08. The Kier molecular flexibility index (Phi) is 5.27. The normalized spacial score (nSPS) is 19.6. The van der Waals surface area contributed by atoms with E-state index >= 15 is 0 Å². The van der Waals surface area contributed by atoms with Crippen molar-refractivity contribution >= 4 is 27.6 Å². The second kappa shape index (κ2) is 7.44. The predicted molar refractivity (Wildman–Crippen MR) is 94.5 cm³/mol. The van der Waals surface area contributed by atoms with Crippen molar-refractivity contribution in [2.45, 2.75) is 19.4 Å². The molecule has 0 aliphatic carbocycles. The van der Waals surface area contributed by atoms with E-state index in [0.29, 0.717) is 0 Å². The van der Waals surface area contributed by atoms with Crippen LogP contribution in [0.4, 0.5) is 8.78 Å². The fraction of sp³-hybridized carbons (Fsp3) is 0.263. The highest BCUT2D eigenvalue weighted by molar-refractivity contribution is 9.10. The molecule has 0 bridgehead atoms. The molecule has 1 aliphatic heterocycles. The largest absolute Gasteiger partial charge is 0.466 e. The third kappa shape index (κ3) is 3.63. The molecule has 2 atom stereocenters. The van der Waals surface area contributed by atoms with Gasteiger partial charge in [0.2, 0.25) is 0 Å². The molecule has 0 N–H and O–H groups in total. The van der Waals surface area contributed by atoms with Gasteiger partial charge in [0.25, 0.3) is 0 Å². The number of hydrogen-bond donors (Lipinski definition) is 0. The van der Waals surface area contributed by atoms with E-state index in [1.165, 1.54) is 18.2 Å². The van der Waals surface area contributed by atoms with Gasteiger partial charge in [0.15, 0.2) is 0 Å². The maximum Gasteiger partial charge on any atom is 0.311 e. The summed E-state index contributed by atoms with van der Waals surface area (Å²) >= 11 is 3.36. The summed E-state index contributed by atoms with van der Waals surface area (Å²) in [6, 6.07) is 10.5. The highest BCUT2D eigenvalue weighted by Gasteiger charge is 2.38. The van der Waals surface area contributed by atoms with Crippen LogP contribution < -0.4 is 0 Å². The van der Waals surface area contributed by atoms with Gasteiger partial charge in [-0.05, 0) is 36.8 Å². The number of nitrogens with zero attached hydrogens (tertiary/aromatic N) is 1. The molecular formula is C19H16BrF2NO2. The van der Waals surface area contributed by atoms with Crippen LogP contribution >= 0.6 is 15.9 Å². The van der Waals surface area contributed by atoms with Gasteiger partial charge in [-0.1, -0.05) is 34.1 Å². The fourth-order valence-electron chi connectivity index (χ4n) is 3.00. The van der Waals surface area contributed by atoms with Crippen LogP contribution in [0.1, 0.15) is 30.5 Å². The number of benzene rings is 2. The van der Waals surface area contributed by atoms with E-state index in [9.17, 15) is 13.6 Å². The van der Waals surface area contributed by atoms with Gasteiger partial charge in [0.05, 0.1) is 24.1 Å².